The minimum atomic E-state index is -0.544. The van der Waals surface area contributed by atoms with Crippen LogP contribution in [0.5, 0.6) is 0 Å². The maximum absolute atomic E-state index is 5.21. The first-order chi connectivity index (χ1) is 17.9. The fourth-order valence-electron chi connectivity index (χ4n) is 5.66. The molecule has 0 atom stereocenters. The van der Waals surface area contributed by atoms with Crippen molar-refractivity contribution in [3.05, 3.63) is 162 Å². The molecule has 0 radical (unpaired) electrons. The third kappa shape index (κ3) is 2.99. The van der Waals surface area contributed by atoms with Crippen molar-refractivity contribution in [1.29, 1.82) is 0 Å². The number of rotatable bonds is 4. The molecule has 0 spiro atoms. The molecule has 0 saturated heterocycles. The predicted octanol–water partition coefficient (Wildman–Crippen LogP) is 7.30. The molecular formula is C33H23N3. The summed E-state index contributed by atoms with van der Waals surface area (Å²) in [5, 5.41) is 5.21. The van der Waals surface area contributed by atoms with Crippen molar-refractivity contribution in [2.24, 2.45) is 0 Å². The van der Waals surface area contributed by atoms with Crippen LogP contribution in [-0.2, 0) is 5.41 Å². The molecule has 1 aliphatic rings. The van der Waals surface area contributed by atoms with Crippen molar-refractivity contribution in [3.63, 3.8) is 0 Å². The molecule has 2 heterocycles. The molecule has 0 unspecified atom stereocenters. The van der Waals surface area contributed by atoms with E-state index in [2.05, 4.69) is 108 Å². The summed E-state index contributed by atoms with van der Waals surface area (Å²) in [5.74, 6) is 0. The van der Waals surface area contributed by atoms with Gasteiger partial charge in [-0.15, -0.1) is 0 Å². The van der Waals surface area contributed by atoms with Gasteiger partial charge in [0.25, 0.3) is 0 Å². The van der Waals surface area contributed by atoms with Crippen LogP contribution in [0.1, 0.15) is 22.4 Å². The van der Waals surface area contributed by atoms with Crippen LogP contribution in [0.15, 0.2) is 140 Å². The molecule has 170 valence electrons. The van der Waals surface area contributed by atoms with Crippen molar-refractivity contribution < 1.29 is 0 Å². The zero-order valence-corrected chi connectivity index (χ0v) is 19.6. The van der Waals surface area contributed by atoms with E-state index in [1.807, 2.05) is 41.2 Å². The number of fused-ring (bicyclic) bond motifs is 3. The summed E-state index contributed by atoms with van der Waals surface area (Å²) >= 11 is 0. The molecule has 7 rings (SSSR count). The third-order valence-electron chi connectivity index (χ3n) is 7.20. The highest BCUT2D eigenvalue weighted by Crippen LogP contribution is 2.55. The van der Waals surface area contributed by atoms with Gasteiger partial charge < -0.3 is 0 Å². The Hall–Kier alpha value is -4.76. The molecule has 0 bridgehead atoms. The lowest BCUT2D eigenvalue weighted by Crippen LogP contribution is -2.29. The number of hydrogen-bond acceptors (Lipinski definition) is 2. The molecule has 36 heavy (non-hydrogen) atoms. The highest BCUT2D eigenvalue weighted by Gasteiger charge is 2.47. The van der Waals surface area contributed by atoms with Crippen LogP contribution in [-0.4, -0.2) is 14.8 Å². The molecule has 3 heteroatoms. The highest BCUT2D eigenvalue weighted by molar-refractivity contribution is 5.86. The Labute approximate surface area is 210 Å². The Kier molecular flexibility index (Phi) is 4.68. The van der Waals surface area contributed by atoms with E-state index in [1.54, 1.807) is 0 Å². The quantitative estimate of drug-likeness (QED) is 0.275. The standard InChI is InChI=1S/C33H23N3/c1-2-13-26(14-3-1)36-22-20-32(35-36)33(25-12-10-11-24(23-25)31-19-8-9-21-34-31)29-17-6-4-15-27(29)28-16-5-7-18-30(28)33/h1-23H. The number of nitrogens with zero attached hydrogens (tertiary/aromatic N) is 3. The molecule has 0 aliphatic heterocycles. The van der Waals surface area contributed by atoms with Gasteiger partial charge in [0.2, 0.25) is 0 Å². The van der Waals surface area contributed by atoms with Gasteiger partial charge in [-0.2, -0.15) is 5.10 Å². The van der Waals surface area contributed by atoms with Crippen LogP contribution in [0, 0.1) is 0 Å². The molecule has 6 aromatic rings. The molecule has 4 aromatic carbocycles. The summed E-state index contributed by atoms with van der Waals surface area (Å²) in [6.07, 6.45) is 3.91. The van der Waals surface area contributed by atoms with Gasteiger partial charge in [-0.25, -0.2) is 4.68 Å². The first kappa shape index (κ1) is 20.6. The molecule has 1 aliphatic carbocycles. The van der Waals surface area contributed by atoms with Crippen LogP contribution in [0.3, 0.4) is 0 Å². The first-order valence-electron chi connectivity index (χ1n) is 12.2. The monoisotopic (exact) mass is 461 g/mol. The SMILES string of the molecule is c1ccc(-n2ccc(C3(c4cccc(-c5ccccn5)c4)c4ccccc4-c4ccccc43)n2)cc1. The molecule has 2 aromatic heterocycles. The maximum Gasteiger partial charge on any atom is 0.0904 e. The number of para-hydroxylation sites is 1. The van der Waals surface area contributed by atoms with Gasteiger partial charge in [0, 0.05) is 18.0 Å². The number of pyridine rings is 1. The molecular weight excluding hydrogens is 438 g/mol. The Bertz CT molecular complexity index is 1640. The van der Waals surface area contributed by atoms with E-state index >= 15 is 0 Å². The Morgan fingerprint density at radius 3 is 2.00 bits per heavy atom. The molecule has 0 fully saturated rings. The van der Waals surface area contributed by atoms with Gasteiger partial charge >= 0.3 is 0 Å². The first-order valence-corrected chi connectivity index (χ1v) is 12.2. The number of aromatic nitrogens is 3. The Morgan fingerprint density at radius 1 is 0.583 bits per heavy atom. The van der Waals surface area contributed by atoms with E-state index in [-0.39, 0.29) is 0 Å². The normalized spacial score (nSPS) is 13.2. The van der Waals surface area contributed by atoms with Crippen LogP contribution in [0.25, 0.3) is 28.1 Å². The molecule has 0 N–H and O–H groups in total. The van der Waals surface area contributed by atoms with E-state index in [0.29, 0.717) is 0 Å². The van der Waals surface area contributed by atoms with Gasteiger partial charge in [0.1, 0.15) is 0 Å². The van der Waals surface area contributed by atoms with Crippen molar-refractivity contribution in [1.82, 2.24) is 14.8 Å². The van der Waals surface area contributed by atoms with Gasteiger partial charge in [-0.1, -0.05) is 91.0 Å². The van der Waals surface area contributed by atoms with Crippen molar-refractivity contribution in [2.45, 2.75) is 5.41 Å². The fourth-order valence-corrected chi connectivity index (χ4v) is 5.66. The largest absolute Gasteiger partial charge is 0.256 e. The second-order valence-corrected chi connectivity index (χ2v) is 9.12. The summed E-state index contributed by atoms with van der Waals surface area (Å²) in [4.78, 5) is 4.62. The van der Waals surface area contributed by atoms with Crippen molar-refractivity contribution in [3.8, 4) is 28.1 Å². The van der Waals surface area contributed by atoms with Gasteiger partial charge in [-0.05, 0) is 64.2 Å². The minimum Gasteiger partial charge on any atom is -0.256 e. The van der Waals surface area contributed by atoms with E-state index in [4.69, 9.17) is 5.10 Å². The van der Waals surface area contributed by atoms with E-state index < -0.39 is 5.41 Å². The Morgan fingerprint density at radius 2 is 1.28 bits per heavy atom. The summed E-state index contributed by atoms with van der Waals surface area (Å²) in [6, 6.07) is 44.8. The smallest absolute Gasteiger partial charge is 0.0904 e. The maximum atomic E-state index is 5.21. The highest BCUT2D eigenvalue weighted by atomic mass is 15.3. The van der Waals surface area contributed by atoms with E-state index in [9.17, 15) is 0 Å². The van der Waals surface area contributed by atoms with Crippen molar-refractivity contribution >= 4 is 0 Å². The van der Waals surface area contributed by atoms with Crippen LogP contribution in [0.2, 0.25) is 0 Å². The van der Waals surface area contributed by atoms with Gasteiger partial charge in [-0.3, -0.25) is 4.98 Å². The van der Waals surface area contributed by atoms with Crippen molar-refractivity contribution in [2.75, 3.05) is 0 Å². The summed E-state index contributed by atoms with van der Waals surface area (Å²) in [5.41, 5.74) is 9.75. The molecule has 3 nitrogen and oxygen atoms in total. The zero-order valence-electron chi connectivity index (χ0n) is 19.6. The number of benzene rings is 4. The summed E-state index contributed by atoms with van der Waals surface area (Å²) < 4.78 is 1.98. The van der Waals surface area contributed by atoms with E-state index in [1.165, 1.54) is 27.8 Å². The summed E-state index contributed by atoms with van der Waals surface area (Å²) in [7, 11) is 0. The van der Waals surface area contributed by atoms with Crippen LogP contribution in [0.4, 0.5) is 0 Å². The second kappa shape index (κ2) is 8.17. The predicted molar refractivity (Wildman–Crippen MR) is 144 cm³/mol. The second-order valence-electron chi connectivity index (χ2n) is 9.12. The lowest BCUT2D eigenvalue weighted by atomic mass is 9.70. The third-order valence-corrected chi connectivity index (χ3v) is 7.20. The number of hydrogen-bond donors (Lipinski definition) is 0. The zero-order chi connectivity index (χ0) is 24.0. The Balaban J connectivity index is 1.54. The summed E-state index contributed by atoms with van der Waals surface area (Å²) in [6.45, 7) is 0. The van der Waals surface area contributed by atoms with Gasteiger partial charge in [0.05, 0.1) is 22.5 Å². The molecule has 0 saturated carbocycles. The molecule has 0 amide bonds. The topological polar surface area (TPSA) is 30.7 Å². The van der Waals surface area contributed by atoms with Gasteiger partial charge in [0.15, 0.2) is 0 Å². The van der Waals surface area contributed by atoms with Crippen LogP contribution < -0.4 is 0 Å². The minimum absolute atomic E-state index is 0.544. The average molecular weight is 462 g/mol. The van der Waals surface area contributed by atoms with E-state index in [0.717, 1.165) is 22.6 Å². The lowest BCUT2D eigenvalue weighted by molar-refractivity contribution is 0.706. The average Bonchev–Trinajstić information content (AvgIpc) is 3.56. The fraction of sp³-hybridized carbons (Fsp3) is 0.0303. The van der Waals surface area contributed by atoms with Crippen LogP contribution >= 0.6 is 0 Å². The lowest BCUT2D eigenvalue weighted by Gasteiger charge is -2.31.